The van der Waals surface area contributed by atoms with Crippen LogP contribution in [0.25, 0.3) is 0 Å². The molecule has 0 amide bonds. The van der Waals surface area contributed by atoms with Gasteiger partial charge in [-0.1, -0.05) is 17.3 Å². The van der Waals surface area contributed by atoms with Crippen LogP contribution in [0.1, 0.15) is 30.1 Å². The number of hydrogen-bond acceptors (Lipinski definition) is 7. The summed E-state index contributed by atoms with van der Waals surface area (Å²) in [6.45, 7) is 2.56. The van der Waals surface area contributed by atoms with Crippen LogP contribution in [0.15, 0.2) is 28.8 Å². The molecule has 7 nitrogen and oxygen atoms in total. The van der Waals surface area contributed by atoms with Crippen molar-refractivity contribution >= 4 is 12.4 Å². The largest absolute Gasteiger partial charge is 0.497 e. The summed E-state index contributed by atoms with van der Waals surface area (Å²) in [7, 11) is 1.64. The third-order valence-electron chi connectivity index (χ3n) is 4.40. The second kappa shape index (κ2) is 9.15. The molecule has 8 heteroatoms. The van der Waals surface area contributed by atoms with Crippen LogP contribution in [0.4, 0.5) is 0 Å². The number of nitrogens with two attached hydrogens (primary N) is 1. The molecule has 1 aromatic carbocycles. The van der Waals surface area contributed by atoms with E-state index in [1.54, 1.807) is 7.11 Å². The molecule has 25 heavy (non-hydrogen) atoms. The minimum absolute atomic E-state index is 0. The quantitative estimate of drug-likeness (QED) is 0.799. The van der Waals surface area contributed by atoms with Crippen LogP contribution in [0, 0.1) is 0 Å². The Hall–Kier alpha value is -1.67. The minimum atomic E-state index is -0.268. The molecule has 0 unspecified atom stereocenters. The van der Waals surface area contributed by atoms with Gasteiger partial charge in [-0.3, -0.25) is 0 Å². The SMILES string of the molecule is COc1cccc(COCc2noc(C3(CN)CCOCC3)n2)c1.Cl. The second-order valence-corrected chi connectivity index (χ2v) is 5.96. The molecular formula is C17H24ClN3O4. The summed E-state index contributed by atoms with van der Waals surface area (Å²) in [5.74, 6) is 1.93. The van der Waals surface area contributed by atoms with E-state index in [4.69, 9.17) is 24.5 Å². The average molecular weight is 370 g/mol. The van der Waals surface area contributed by atoms with Crippen LogP contribution in [0.3, 0.4) is 0 Å². The lowest BCUT2D eigenvalue weighted by Crippen LogP contribution is -2.40. The predicted molar refractivity (Wildman–Crippen MR) is 93.8 cm³/mol. The Balaban J connectivity index is 0.00000225. The lowest BCUT2D eigenvalue weighted by atomic mass is 9.80. The molecule has 2 aromatic rings. The van der Waals surface area contributed by atoms with Gasteiger partial charge < -0.3 is 24.5 Å². The van der Waals surface area contributed by atoms with E-state index in [2.05, 4.69) is 10.1 Å². The highest BCUT2D eigenvalue weighted by Gasteiger charge is 2.38. The molecule has 2 N–H and O–H groups in total. The first-order chi connectivity index (χ1) is 11.8. The van der Waals surface area contributed by atoms with Gasteiger partial charge in [-0.15, -0.1) is 12.4 Å². The van der Waals surface area contributed by atoms with Crippen LogP contribution in [-0.4, -0.2) is 37.0 Å². The maximum atomic E-state index is 5.96. The number of nitrogens with zero attached hydrogens (tertiary/aromatic N) is 2. The number of ether oxygens (including phenoxy) is 3. The fraction of sp³-hybridized carbons (Fsp3) is 0.529. The number of benzene rings is 1. The van der Waals surface area contributed by atoms with Crippen molar-refractivity contribution in [3.63, 3.8) is 0 Å². The van der Waals surface area contributed by atoms with E-state index in [1.165, 1.54) is 0 Å². The van der Waals surface area contributed by atoms with Gasteiger partial charge in [0.25, 0.3) is 0 Å². The minimum Gasteiger partial charge on any atom is -0.497 e. The maximum Gasteiger partial charge on any atom is 0.234 e. The zero-order valence-electron chi connectivity index (χ0n) is 14.3. The molecule has 0 spiro atoms. The highest BCUT2D eigenvalue weighted by atomic mass is 35.5. The molecule has 1 aliphatic heterocycles. The molecule has 138 valence electrons. The van der Waals surface area contributed by atoms with Gasteiger partial charge in [-0.05, 0) is 30.5 Å². The Labute approximate surface area is 153 Å². The van der Waals surface area contributed by atoms with Crippen molar-refractivity contribution in [1.29, 1.82) is 0 Å². The number of halogens is 1. The molecule has 2 heterocycles. The molecule has 0 atom stereocenters. The van der Waals surface area contributed by atoms with Crippen LogP contribution in [-0.2, 0) is 28.1 Å². The van der Waals surface area contributed by atoms with E-state index >= 15 is 0 Å². The smallest absolute Gasteiger partial charge is 0.234 e. The van der Waals surface area contributed by atoms with Gasteiger partial charge in [0.15, 0.2) is 5.82 Å². The summed E-state index contributed by atoms with van der Waals surface area (Å²) in [5.41, 5.74) is 6.72. The van der Waals surface area contributed by atoms with Crippen LogP contribution in [0.5, 0.6) is 5.75 Å². The van der Waals surface area contributed by atoms with Gasteiger partial charge in [-0.2, -0.15) is 4.98 Å². The Bertz CT molecular complexity index is 659. The van der Waals surface area contributed by atoms with Gasteiger partial charge in [0, 0.05) is 19.8 Å². The fourth-order valence-corrected chi connectivity index (χ4v) is 2.82. The topological polar surface area (TPSA) is 92.6 Å². The Morgan fingerprint density at radius 3 is 2.76 bits per heavy atom. The molecule has 1 aliphatic rings. The molecular weight excluding hydrogens is 346 g/mol. The second-order valence-electron chi connectivity index (χ2n) is 5.96. The first-order valence-corrected chi connectivity index (χ1v) is 8.07. The van der Waals surface area contributed by atoms with Crippen LogP contribution >= 0.6 is 12.4 Å². The summed E-state index contributed by atoms with van der Waals surface area (Å²) < 4.78 is 21.7. The average Bonchev–Trinajstić information content (AvgIpc) is 3.12. The molecule has 3 rings (SSSR count). The van der Waals surface area contributed by atoms with E-state index in [0.29, 0.717) is 38.1 Å². The summed E-state index contributed by atoms with van der Waals surface area (Å²) in [6, 6.07) is 7.75. The van der Waals surface area contributed by atoms with Crippen molar-refractivity contribution in [2.75, 3.05) is 26.9 Å². The number of methoxy groups -OCH3 is 1. The molecule has 1 fully saturated rings. The molecule has 0 bridgehead atoms. The van der Waals surface area contributed by atoms with Crippen molar-refractivity contribution < 1.29 is 18.7 Å². The van der Waals surface area contributed by atoms with Gasteiger partial charge in [0.2, 0.25) is 5.89 Å². The van der Waals surface area contributed by atoms with Crippen molar-refractivity contribution in [1.82, 2.24) is 10.1 Å². The van der Waals surface area contributed by atoms with E-state index in [1.807, 2.05) is 24.3 Å². The standard InChI is InChI=1S/C17H23N3O4.ClH/c1-21-14-4-2-3-13(9-14)10-23-11-15-19-16(24-20-15)17(12-18)5-7-22-8-6-17;/h2-4,9H,5-8,10-12,18H2,1H3;1H. The normalized spacial score (nSPS) is 16.2. The van der Waals surface area contributed by atoms with Crippen LogP contribution < -0.4 is 10.5 Å². The van der Waals surface area contributed by atoms with Gasteiger partial charge in [0.1, 0.15) is 12.4 Å². The zero-order chi connectivity index (χ0) is 16.8. The van der Waals surface area contributed by atoms with Crippen molar-refractivity contribution in [2.24, 2.45) is 5.73 Å². The highest BCUT2D eigenvalue weighted by Crippen LogP contribution is 2.32. The Morgan fingerprint density at radius 1 is 1.24 bits per heavy atom. The number of rotatable bonds is 7. The number of aromatic nitrogens is 2. The van der Waals surface area contributed by atoms with Crippen LogP contribution in [0.2, 0.25) is 0 Å². The summed E-state index contributed by atoms with van der Waals surface area (Å²) >= 11 is 0. The molecule has 0 saturated carbocycles. The first kappa shape index (κ1) is 19.7. The zero-order valence-corrected chi connectivity index (χ0v) is 15.1. The Morgan fingerprint density at radius 2 is 2.04 bits per heavy atom. The third kappa shape index (κ3) is 4.70. The van der Waals surface area contributed by atoms with E-state index < -0.39 is 0 Å². The fourth-order valence-electron chi connectivity index (χ4n) is 2.82. The highest BCUT2D eigenvalue weighted by molar-refractivity contribution is 5.85. The molecule has 1 aromatic heterocycles. The summed E-state index contributed by atoms with van der Waals surface area (Å²) in [6.07, 6.45) is 1.60. The predicted octanol–water partition coefficient (Wildman–Crippen LogP) is 2.22. The number of hydrogen-bond donors (Lipinski definition) is 1. The third-order valence-corrected chi connectivity index (χ3v) is 4.40. The van der Waals surface area contributed by atoms with Gasteiger partial charge in [0.05, 0.1) is 19.1 Å². The lowest BCUT2D eigenvalue weighted by molar-refractivity contribution is 0.0408. The molecule has 1 saturated heterocycles. The van der Waals surface area contributed by atoms with Crippen molar-refractivity contribution in [2.45, 2.75) is 31.5 Å². The molecule has 0 aliphatic carbocycles. The monoisotopic (exact) mass is 369 g/mol. The van der Waals surface area contributed by atoms with E-state index in [-0.39, 0.29) is 24.4 Å². The maximum absolute atomic E-state index is 5.96. The van der Waals surface area contributed by atoms with E-state index in [0.717, 1.165) is 24.2 Å². The van der Waals surface area contributed by atoms with Crippen molar-refractivity contribution in [3.05, 3.63) is 41.5 Å². The molecule has 0 radical (unpaired) electrons. The lowest BCUT2D eigenvalue weighted by Gasteiger charge is -2.32. The summed E-state index contributed by atoms with van der Waals surface area (Å²) in [5, 5.41) is 4.02. The first-order valence-electron chi connectivity index (χ1n) is 8.07. The van der Waals surface area contributed by atoms with Gasteiger partial charge >= 0.3 is 0 Å². The van der Waals surface area contributed by atoms with Gasteiger partial charge in [-0.25, -0.2) is 0 Å². The summed E-state index contributed by atoms with van der Waals surface area (Å²) in [4.78, 5) is 4.48. The Kier molecular flexibility index (Phi) is 7.19. The van der Waals surface area contributed by atoms with Crippen molar-refractivity contribution in [3.8, 4) is 5.75 Å². The van der Waals surface area contributed by atoms with E-state index in [9.17, 15) is 0 Å².